The molecular weight excluding hydrogens is 269 g/mol. The summed E-state index contributed by atoms with van der Waals surface area (Å²) in [6, 6.07) is 3.52. The van der Waals surface area contributed by atoms with Crippen LogP contribution in [0.15, 0.2) is 12.1 Å². The fraction of sp³-hybridized carbons (Fsp3) is 0.412. The highest BCUT2D eigenvalue weighted by atomic mass is 19.1. The second-order valence-electron chi connectivity index (χ2n) is 6.32. The van der Waals surface area contributed by atoms with E-state index in [1.165, 1.54) is 6.92 Å². The van der Waals surface area contributed by atoms with Crippen molar-refractivity contribution in [2.75, 3.05) is 0 Å². The average molecular weight is 289 g/mol. The zero-order valence-electron chi connectivity index (χ0n) is 13.3. The molecule has 1 aromatic heterocycles. The van der Waals surface area contributed by atoms with Crippen molar-refractivity contribution in [3.63, 3.8) is 0 Å². The maximum Gasteiger partial charge on any atom is 0.308 e. The third kappa shape index (κ3) is 2.75. The lowest BCUT2D eigenvalue weighted by molar-refractivity contribution is -0.131. The maximum atomic E-state index is 15.0. The van der Waals surface area contributed by atoms with Crippen molar-refractivity contribution in [3.05, 3.63) is 34.8 Å². The van der Waals surface area contributed by atoms with Gasteiger partial charge in [0.25, 0.3) is 0 Å². The number of benzene rings is 1. The Labute approximate surface area is 124 Å². The topological polar surface area (TPSA) is 39.2 Å². The van der Waals surface area contributed by atoms with Gasteiger partial charge in [0.1, 0.15) is 11.6 Å². The third-order valence-electron chi connectivity index (χ3n) is 3.57. The summed E-state index contributed by atoms with van der Waals surface area (Å²) in [6.45, 7) is 10.7. The average Bonchev–Trinajstić information content (AvgIpc) is 2.33. The number of hydrogen-bond donors (Lipinski definition) is 0. The molecular formula is C17H20FNO2. The first-order valence-corrected chi connectivity index (χ1v) is 6.91. The predicted octanol–water partition coefficient (Wildman–Crippen LogP) is 4.21. The number of fused-ring (bicyclic) bond motifs is 1. The maximum absolute atomic E-state index is 15.0. The van der Waals surface area contributed by atoms with Crippen LogP contribution in [0.3, 0.4) is 0 Å². The highest BCUT2D eigenvalue weighted by molar-refractivity contribution is 5.90. The van der Waals surface area contributed by atoms with E-state index >= 15 is 0 Å². The SMILES string of the molecule is CC(=O)Oc1c(C)c(C)nc2ccc(C(C)(C)C)c(F)c12. The smallest absolute Gasteiger partial charge is 0.308 e. The lowest BCUT2D eigenvalue weighted by atomic mass is 9.85. The molecule has 0 N–H and O–H groups in total. The summed E-state index contributed by atoms with van der Waals surface area (Å²) in [5, 5.41) is 0.278. The third-order valence-corrected chi connectivity index (χ3v) is 3.57. The molecule has 0 aliphatic rings. The minimum Gasteiger partial charge on any atom is -0.426 e. The van der Waals surface area contributed by atoms with Crippen molar-refractivity contribution in [2.24, 2.45) is 0 Å². The molecule has 0 spiro atoms. The first kappa shape index (κ1) is 15.4. The van der Waals surface area contributed by atoms with Gasteiger partial charge >= 0.3 is 5.97 Å². The van der Waals surface area contributed by atoms with Crippen LogP contribution in [0.2, 0.25) is 0 Å². The van der Waals surface area contributed by atoms with Crippen LogP contribution in [0.1, 0.15) is 44.5 Å². The summed E-state index contributed by atoms with van der Waals surface area (Å²) in [4.78, 5) is 15.7. The first-order valence-electron chi connectivity index (χ1n) is 6.91. The molecule has 0 amide bonds. The van der Waals surface area contributed by atoms with Gasteiger partial charge in [0, 0.05) is 18.2 Å². The molecule has 1 heterocycles. The van der Waals surface area contributed by atoms with Crippen LogP contribution in [-0.4, -0.2) is 11.0 Å². The molecule has 0 unspecified atom stereocenters. The second-order valence-corrected chi connectivity index (χ2v) is 6.32. The fourth-order valence-electron chi connectivity index (χ4n) is 2.34. The van der Waals surface area contributed by atoms with Crippen LogP contribution in [0.5, 0.6) is 5.75 Å². The summed E-state index contributed by atoms with van der Waals surface area (Å²) in [6.07, 6.45) is 0. The van der Waals surface area contributed by atoms with Crippen LogP contribution >= 0.6 is 0 Å². The Morgan fingerprint density at radius 3 is 2.38 bits per heavy atom. The van der Waals surface area contributed by atoms with Crippen molar-refractivity contribution in [1.82, 2.24) is 4.98 Å². The van der Waals surface area contributed by atoms with E-state index in [4.69, 9.17) is 4.74 Å². The van der Waals surface area contributed by atoms with Gasteiger partial charge in [-0.05, 0) is 30.9 Å². The van der Waals surface area contributed by atoms with Gasteiger partial charge < -0.3 is 4.74 Å². The van der Waals surface area contributed by atoms with Crippen molar-refractivity contribution >= 4 is 16.9 Å². The van der Waals surface area contributed by atoms with E-state index in [2.05, 4.69) is 4.98 Å². The minimum atomic E-state index is -0.467. The van der Waals surface area contributed by atoms with Gasteiger partial charge in [0.15, 0.2) is 0 Å². The van der Waals surface area contributed by atoms with E-state index in [0.717, 1.165) is 5.69 Å². The van der Waals surface area contributed by atoms with Crippen molar-refractivity contribution in [2.45, 2.75) is 47.0 Å². The van der Waals surface area contributed by atoms with E-state index in [9.17, 15) is 9.18 Å². The van der Waals surface area contributed by atoms with Crippen LogP contribution in [0.25, 0.3) is 10.9 Å². The molecule has 0 aliphatic heterocycles. The normalized spacial score (nSPS) is 11.8. The first-order chi connectivity index (χ1) is 9.62. The largest absolute Gasteiger partial charge is 0.426 e. The van der Waals surface area contributed by atoms with E-state index in [1.54, 1.807) is 19.1 Å². The van der Waals surface area contributed by atoms with Gasteiger partial charge in [-0.2, -0.15) is 0 Å². The molecule has 3 nitrogen and oxygen atoms in total. The highest BCUT2D eigenvalue weighted by Gasteiger charge is 2.24. The standard InChI is InChI=1S/C17H20FNO2/c1-9-10(2)19-13-8-7-12(17(4,5)6)15(18)14(13)16(9)21-11(3)20/h7-8H,1-6H3. The van der Waals surface area contributed by atoms with Crippen LogP contribution in [-0.2, 0) is 10.2 Å². The molecule has 0 saturated carbocycles. The lowest BCUT2D eigenvalue weighted by Crippen LogP contribution is -2.15. The summed E-state index contributed by atoms with van der Waals surface area (Å²) >= 11 is 0. The minimum absolute atomic E-state index is 0.272. The highest BCUT2D eigenvalue weighted by Crippen LogP contribution is 2.36. The van der Waals surface area contributed by atoms with Gasteiger partial charge in [-0.25, -0.2) is 4.39 Å². The molecule has 0 radical (unpaired) electrons. The van der Waals surface area contributed by atoms with Crippen molar-refractivity contribution in [3.8, 4) is 5.75 Å². The Morgan fingerprint density at radius 1 is 1.24 bits per heavy atom. The van der Waals surface area contributed by atoms with Gasteiger partial charge in [-0.1, -0.05) is 26.8 Å². The molecule has 2 rings (SSSR count). The Kier molecular flexibility index (Phi) is 3.74. The Bertz CT molecular complexity index is 730. The van der Waals surface area contributed by atoms with Crippen LogP contribution < -0.4 is 4.74 Å². The Morgan fingerprint density at radius 2 is 1.86 bits per heavy atom. The lowest BCUT2D eigenvalue weighted by Gasteiger charge is -2.22. The quantitative estimate of drug-likeness (QED) is 0.738. The number of rotatable bonds is 1. The van der Waals surface area contributed by atoms with Crippen molar-refractivity contribution < 1.29 is 13.9 Å². The molecule has 21 heavy (non-hydrogen) atoms. The number of carbonyl (C=O) groups is 1. The van der Waals surface area contributed by atoms with Gasteiger partial charge in [-0.3, -0.25) is 9.78 Å². The van der Waals surface area contributed by atoms with Gasteiger partial charge in [0.2, 0.25) is 0 Å². The number of carbonyl (C=O) groups excluding carboxylic acids is 1. The molecule has 0 aliphatic carbocycles. The molecule has 1 aromatic carbocycles. The van der Waals surface area contributed by atoms with Gasteiger partial charge in [0.05, 0.1) is 10.9 Å². The molecule has 0 bridgehead atoms. The fourth-order valence-corrected chi connectivity index (χ4v) is 2.34. The van der Waals surface area contributed by atoms with E-state index in [1.807, 2.05) is 27.7 Å². The molecule has 0 atom stereocenters. The molecule has 2 aromatic rings. The number of ether oxygens (including phenoxy) is 1. The Balaban J connectivity index is 2.90. The summed E-state index contributed by atoms with van der Waals surface area (Å²) < 4.78 is 20.2. The monoisotopic (exact) mass is 289 g/mol. The predicted molar refractivity (Wildman–Crippen MR) is 81.2 cm³/mol. The van der Waals surface area contributed by atoms with Gasteiger partial charge in [-0.15, -0.1) is 0 Å². The number of nitrogens with zero attached hydrogens (tertiary/aromatic N) is 1. The number of esters is 1. The van der Waals surface area contributed by atoms with E-state index < -0.39 is 5.97 Å². The molecule has 0 saturated heterocycles. The number of aryl methyl sites for hydroxylation is 1. The summed E-state index contributed by atoms with van der Waals surface area (Å²) in [5.74, 6) is -0.564. The summed E-state index contributed by atoms with van der Waals surface area (Å²) in [7, 11) is 0. The molecule has 0 fully saturated rings. The zero-order chi connectivity index (χ0) is 15.9. The number of halogens is 1. The van der Waals surface area contributed by atoms with E-state index in [0.29, 0.717) is 16.6 Å². The van der Waals surface area contributed by atoms with Crippen LogP contribution in [0.4, 0.5) is 4.39 Å². The van der Waals surface area contributed by atoms with E-state index in [-0.39, 0.29) is 22.4 Å². The van der Waals surface area contributed by atoms with Crippen molar-refractivity contribution in [1.29, 1.82) is 0 Å². The van der Waals surface area contributed by atoms with Crippen LogP contribution in [0, 0.1) is 19.7 Å². The summed E-state index contributed by atoms with van der Waals surface area (Å²) in [5.41, 5.74) is 2.14. The number of pyridine rings is 1. The second kappa shape index (κ2) is 5.10. The number of hydrogen-bond acceptors (Lipinski definition) is 3. The molecule has 112 valence electrons. The molecule has 4 heteroatoms. The number of aromatic nitrogens is 1. The Hall–Kier alpha value is -1.97. The zero-order valence-corrected chi connectivity index (χ0v) is 13.3.